The van der Waals surface area contributed by atoms with Gasteiger partial charge in [-0.15, -0.1) is 10.2 Å². The van der Waals surface area contributed by atoms with Gasteiger partial charge in [0.25, 0.3) is 0 Å². The molecule has 0 radical (unpaired) electrons. The lowest BCUT2D eigenvalue weighted by Crippen LogP contribution is -2.13. The van der Waals surface area contributed by atoms with Crippen molar-refractivity contribution in [1.82, 2.24) is 19.7 Å². The molecule has 140 valence electrons. The highest BCUT2D eigenvalue weighted by Gasteiger charge is 2.18. The van der Waals surface area contributed by atoms with Crippen molar-refractivity contribution in [2.45, 2.75) is 25.1 Å². The molecule has 0 spiro atoms. The summed E-state index contributed by atoms with van der Waals surface area (Å²) in [5, 5.41) is 9.91. The Labute approximate surface area is 170 Å². The fourth-order valence-electron chi connectivity index (χ4n) is 2.32. The zero-order valence-corrected chi connectivity index (χ0v) is 16.9. The van der Waals surface area contributed by atoms with Gasteiger partial charge in [-0.05, 0) is 44.2 Å². The first-order valence-corrected chi connectivity index (χ1v) is 9.83. The van der Waals surface area contributed by atoms with E-state index in [4.69, 9.17) is 27.9 Å². The molecule has 0 amide bonds. The zero-order valence-electron chi connectivity index (χ0n) is 14.6. The van der Waals surface area contributed by atoms with Crippen LogP contribution >= 0.6 is 35.0 Å². The Morgan fingerprint density at radius 2 is 2.04 bits per heavy atom. The summed E-state index contributed by atoms with van der Waals surface area (Å²) in [6.45, 7) is 3.61. The smallest absolute Gasteiger partial charge is 0.316 e. The molecular weight excluding hydrogens is 407 g/mol. The molecule has 3 rings (SSSR count). The Balaban J connectivity index is 2.00. The summed E-state index contributed by atoms with van der Waals surface area (Å²) in [7, 11) is 0. The Hall–Kier alpha value is -2.09. The summed E-state index contributed by atoms with van der Waals surface area (Å²) in [5.74, 6) is 0.382. The summed E-state index contributed by atoms with van der Waals surface area (Å²) in [4.78, 5) is 16.0. The summed E-state index contributed by atoms with van der Waals surface area (Å²) in [6.07, 6.45) is 3.21. The molecule has 0 N–H and O–H groups in total. The maximum absolute atomic E-state index is 11.9. The number of hydrogen-bond acceptors (Lipinski definition) is 6. The van der Waals surface area contributed by atoms with Crippen LogP contribution < -0.4 is 0 Å². The van der Waals surface area contributed by atoms with Crippen LogP contribution in [0.3, 0.4) is 0 Å². The number of carbonyl (C=O) groups excluding carboxylic acids is 1. The number of hydrogen-bond donors (Lipinski definition) is 0. The van der Waals surface area contributed by atoms with Crippen LogP contribution in [0.1, 0.15) is 13.8 Å². The number of benzene rings is 1. The van der Waals surface area contributed by atoms with Crippen LogP contribution in [-0.4, -0.2) is 37.6 Å². The number of esters is 1. The number of halogens is 2. The van der Waals surface area contributed by atoms with Crippen molar-refractivity contribution < 1.29 is 9.53 Å². The van der Waals surface area contributed by atoms with Gasteiger partial charge < -0.3 is 4.74 Å². The van der Waals surface area contributed by atoms with Gasteiger partial charge in [-0.25, -0.2) is 0 Å². The molecule has 0 fully saturated rings. The second-order valence-corrected chi connectivity index (χ2v) is 7.57. The molecule has 0 atom stereocenters. The predicted octanol–water partition coefficient (Wildman–Crippen LogP) is 4.68. The van der Waals surface area contributed by atoms with Crippen LogP contribution in [0.5, 0.6) is 0 Å². The van der Waals surface area contributed by atoms with E-state index >= 15 is 0 Å². The van der Waals surface area contributed by atoms with E-state index in [2.05, 4.69) is 15.2 Å². The molecule has 27 heavy (non-hydrogen) atoms. The fraction of sp³-hybridized carbons (Fsp3) is 0.222. The van der Waals surface area contributed by atoms with Crippen molar-refractivity contribution in [2.24, 2.45) is 0 Å². The van der Waals surface area contributed by atoms with Crippen LogP contribution in [0.15, 0.2) is 47.9 Å². The van der Waals surface area contributed by atoms with Crippen LogP contribution in [0.4, 0.5) is 0 Å². The molecule has 2 heterocycles. The number of aromatic nitrogens is 4. The minimum Gasteiger partial charge on any atom is -0.462 e. The molecule has 0 saturated carbocycles. The van der Waals surface area contributed by atoms with Crippen LogP contribution in [0, 0.1) is 0 Å². The van der Waals surface area contributed by atoms with E-state index in [-0.39, 0.29) is 17.8 Å². The van der Waals surface area contributed by atoms with Crippen molar-refractivity contribution >= 4 is 40.9 Å². The lowest BCUT2D eigenvalue weighted by molar-refractivity contribution is -0.144. The van der Waals surface area contributed by atoms with Gasteiger partial charge in [0.2, 0.25) is 0 Å². The average molecular weight is 423 g/mol. The van der Waals surface area contributed by atoms with Gasteiger partial charge in [0, 0.05) is 18.0 Å². The van der Waals surface area contributed by atoms with Crippen molar-refractivity contribution in [2.75, 3.05) is 5.75 Å². The van der Waals surface area contributed by atoms with E-state index in [1.165, 1.54) is 11.8 Å². The molecule has 0 aliphatic carbocycles. The summed E-state index contributed by atoms with van der Waals surface area (Å²) in [6, 6.07) is 8.94. The van der Waals surface area contributed by atoms with Gasteiger partial charge >= 0.3 is 5.97 Å². The van der Waals surface area contributed by atoms with Crippen LogP contribution in [-0.2, 0) is 9.53 Å². The number of ether oxygens (including phenoxy) is 1. The third kappa shape index (κ3) is 4.80. The first-order valence-electron chi connectivity index (χ1n) is 8.09. The van der Waals surface area contributed by atoms with Gasteiger partial charge in [0.05, 0.1) is 27.6 Å². The highest BCUT2D eigenvalue weighted by Crippen LogP contribution is 2.31. The lowest BCUT2D eigenvalue weighted by atomic mass is 10.2. The minimum absolute atomic E-state index is 0.116. The lowest BCUT2D eigenvalue weighted by Gasteiger charge is -2.11. The van der Waals surface area contributed by atoms with E-state index in [1.807, 2.05) is 22.8 Å². The number of rotatable bonds is 6. The van der Waals surface area contributed by atoms with Gasteiger partial charge in [-0.2, -0.15) is 0 Å². The normalized spacial score (nSPS) is 11.0. The van der Waals surface area contributed by atoms with Crippen LogP contribution in [0.2, 0.25) is 10.0 Å². The van der Waals surface area contributed by atoms with E-state index < -0.39 is 0 Å². The SMILES string of the molecule is CC(C)OC(=O)CSc1nnc(-c2cccnc2)n1-c1ccc(Cl)c(Cl)c1. The van der Waals surface area contributed by atoms with Crippen molar-refractivity contribution in [3.8, 4) is 17.1 Å². The van der Waals surface area contributed by atoms with Gasteiger partial charge in [-0.3, -0.25) is 14.3 Å². The minimum atomic E-state index is -0.318. The van der Waals surface area contributed by atoms with Crippen LogP contribution in [0.25, 0.3) is 17.1 Å². The number of carbonyl (C=O) groups is 1. The second kappa shape index (κ2) is 8.73. The topological polar surface area (TPSA) is 69.9 Å². The van der Waals surface area contributed by atoms with Gasteiger partial charge in [-0.1, -0.05) is 35.0 Å². The molecule has 0 aliphatic rings. The standard InChI is InChI=1S/C18H16Cl2N4O2S/c1-11(2)26-16(25)10-27-18-23-22-17(12-4-3-7-21-9-12)24(18)13-5-6-14(19)15(20)8-13/h3-9,11H,10H2,1-2H3. The van der Waals surface area contributed by atoms with E-state index in [1.54, 1.807) is 38.4 Å². The summed E-state index contributed by atoms with van der Waals surface area (Å²) in [5.41, 5.74) is 1.51. The molecular formula is C18H16Cl2N4O2S. The van der Waals surface area contributed by atoms with E-state index in [0.29, 0.717) is 21.0 Å². The van der Waals surface area contributed by atoms with Crippen molar-refractivity contribution in [3.63, 3.8) is 0 Å². The third-order valence-electron chi connectivity index (χ3n) is 3.40. The zero-order chi connectivity index (χ0) is 19.4. The summed E-state index contributed by atoms with van der Waals surface area (Å²) >= 11 is 13.5. The van der Waals surface area contributed by atoms with Crippen molar-refractivity contribution in [1.29, 1.82) is 0 Å². The monoisotopic (exact) mass is 422 g/mol. The number of nitrogens with zero attached hydrogens (tertiary/aromatic N) is 4. The molecule has 0 aliphatic heterocycles. The number of pyridine rings is 1. The first kappa shape index (κ1) is 19.7. The Morgan fingerprint density at radius 1 is 1.22 bits per heavy atom. The largest absolute Gasteiger partial charge is 0.462 e. The molecule has 3 aromatic rings. The van der Waals surface area contributed by atoms with Crippen molar-refractivity contribution in [3.05, 3.63) is 52.8 Å². The molecule has 0 bridgehead atoms. The molecule has 6 nitrogen and oxygen atoms in total. The molecule has 2 aromatic heterocycles. The summed E-state index contributed by atoms with van der Waals surface area (Å²) < 4.78 is 6.99. The fourth-order valence-corrected chi connectivity index (χ4v) is 3.35. The van der Waals surface area contributed by atoms with E-state index in [0.717, 1.165) is 11.3 Å². The number of thioether (sulfide) groups is 1. The quantitative estimate of drug-likeness (QED) is 0.424. The Morgan fingerprint density at radius 3 is 2.70 bits per heavy atom. The van der Waals surface area contributed by atoms with E-state index in [9.17, 15) is 4.79 Å². The predicted molar refractivity (Wildman–Crippen MR) is 107 cm³/mol. The molecule has 0 saturated heterocycles. The highest BCUT2D eigenvalue weighted by molar-refractivity contribution is 7.99. The third-order valence-corrected chi connectivity index (χ3v) is 5.04. The van der Waals surface area contributed by atoms with Gasteiger partial charge in [0.1, 0.15) is 0 Å². The molecule has 1 aromatic carbocycles. The first-order chi connectivity index (χ1) is 13.0. The maximum Gasteiger partial charge on any atom is 0.316 e. The Bertz CT molecular complexity index is 948. The Kier molecular flexibility index (Phi) is 6.36. The molecule has 0 unspecified atom stereocenters. The average Bonchev–Trinajstić information content (AvgIpc) is 3.06. The second-order valence-electron chi connectivity index (χ2n) is 5.81. The molecule has 9 heteroatoms. The highest BCUT2D eigenvalue weighted by atomic mass is 35.5. The van der Waals surface area contributed by atoms with Gasteiger partial charge in [0.15, 0.2) is 11.0 Å². The maximum atomic E-state index is 11.9.